The predicted molar refractivity (Wildman–Crippen MR) is 102 cm³/mol. The number of thioether (sulfide) groups is 1. The molecule has 0 aliphatic carbocycles. The van der Waals surface area contributed by atoms with Crippen LogP contribution in [-0.2, 0) is 10.0 Å². The quantitative estimate of drug-likeness (QED) is 0.545. The number of hydrogen-bond acceptors (Lipinski definition) is 5. The van der Waals surface area contributed by atoms with Crippen molar-refractivity contribution >= 4 is 39.1 Å². The Balaban J connectivity index is 1.81. The maximum atomic E-state index is 13.0. The van der Waals surface area contributed by atoms with Gasteiger partial charge in [-0.05, 0) is 54.8 Å². The molecule has 0 saturated carbocycles. The number of H-pyrrole nitrogens is 1. The summed E-state index contributed by atoms with van der Waals surface area (Å²) in [6.07, 6.45) is 3.06. The highest BCUT2D eigenvalue weighted by Gasteiger charge is 2.25. The molecular formula is C17H15FN4O3S2. The molecule has 0 unspecified atom stereocenters. The van der Waals surface area contributed by atoms with E-state index in [4.69, 9.17) is 0 Å². The lowest BCUT2D eigenvalue weighted by Gasteiger charge is -2.09. The molecule has 0 fully saturated rings. The lowest BCUT2D eigenvalue weighted by Crippen LogP contribution is -2.19. The van der Waals surface area contributed by atoms with E-state index in [0.717, 1.165) is 23.2 Å². The summed E-state index contributed by atoms with van der Waals surface area (Å²) in [4.78, 5) is 13.5. The molecule has 0 bridgehead atoms. The van der Waals surface area contributed by atoms with Gasteiger partial charge in [0.05, 0.1) is 11.8 Å². The standard InChI is InChI=1S/C17H15FN4O3S2/c1-26-14-8-6-12(7-9-14)20-16(23)15-10-19-21-17(15)27(24,25)22-13-4-2-11(18)3-5-13/h2-10,22H,1H3,(H,19,21)(H,20,23). The number of benzene rings is 2. The van der Waals surface area contributed by atoms with Crippen LogP contribution in [0.5, 0.6) is 0 Å². The van der Waals surface area contributed by atoms with Gasteiger partial charge in [-0.3, -0.25) is 14.6 Å². The number of nitrogens with one attached hydrogen (secondary N) is 3. The second kappa shape index (κ2) is 7.80. The molecule has 27 heavy (non-hydrogen) atoms. The SMILES string of the molecule is CSc1ccc(NC(=O)c2cn[nH]c2S(=O)(=O)Nc2ccc(F)cc2)cc1. The molecule has 0 aliphatic rings. The molecule has 2 aromatic carbocycles. The Hall–Kier alpha value is -2.85. The van der Waals surface area contributed by atoms with Crippen LogP contribution in [0.1, 0.15) is 10.4 Å². The van der Waals surface area contributed by atoms with E-state index in [9.17, 15) is 17.6 Å². The maximum Gasteiger partial charge on any atom is 0.279 e. The largest absolute Gasteiger partial charge is 0.322 e. The summed E-state index contributed by atoms with van der Waals surface area (Å²) in [5, 5.41) is 8.24. The van der Waals surface area contributed by atoms with Crippen molar-refractivity contribution in [2.45, 2.75) is 9.92 Å². The van der Waals surface area contributed by atoms with Crippen molar-refractivity contribution in [3.63, 3.8) is 0 Å². The van der Waals surface area contributed by atoms with Crippen LogP contribution in [0.4, 0.5) is 15.8 Å². The summed E-state index contributed by atoms with van der Waals surface area (Å²) < 4.78 is 40.3. The normalized spacial score (nSPS) is 11.2. The first-order valence-corrected chi connectivity index (χ1v) is 10.4. The van der Waals surface area contributed by atoms with E-state index in [2.05, 4.69) is 20.2 Å². The van der Waals surface area contributed by atoms with Gasteiger partial charge in [0, 0.05) is 16.3 Å². The highest BCUT2D eigenvalue weighted by molar-refractivity contribution is 7.98. The van der Waals surface area contributed by atoms with Gasteiger partial charge < -0.3 is 5.32 Å². The van der Waals surface area contributed by atoms with Crippen LogP contribution in [0.3, 0.4) is 0 Å². The van der Waals surface area contributed by atoms with Crippen molar-refractivity contribution in [1.29, 1.82) is 0 Å². The molecule has 0 radical (unpaired) electrons. The second-order valence-electron chi connectivity index (χ2n) is 5.41. The van der Waals surface area contributed by atoms with Gasteiger partial charge in [0.25, 0.3) is 15.9 Å². The smallest absolute Gasteiger partial charge is 0.279 e. The van der Waals surface area contributed by atoms with Gasteiger partial charge >= 0.3 is 0 Å². The maximum absolute atomic E-state index is 13.0. The molecule has 10 heteroatoms. The zero-order valence-electron chi connectivity index (χ0n) is 14.1. The molecular weight excluding hydrogens is 391 g/mol. The number of hydrogen-bond donors (Lipinski definition) is 3. The summed E-state index contributed by atoms with van der Waals surface area (Å²) in [6, 6.07) is 11.9. The summed E-state index contributed by atoms with van der Waals surface area (Å²) in [5.74, 6) is -1.12. The van der Waals surface area contributed by atoms with Crippen LogP contribution in [-0.4, -0.2) is 30.8 Å². The Bertz CT molecular complexity index is 1050. The van der Waals surface area contributed by atoms with Crippen LogP contribution in [0.15, 0.2) is 64.6 Å². The number of aromatic nitrogens is 2. The molecule has 140 valence electrons. The minimum atomic E-state index is -4.12. The highest BCUT2D eigenvalue weighted by Crippen LogP contribution is 2.21. The second-order valence-corrected chi connectivity index (χ2v) is 7.91. The first kappa shape index (κ1) is 18.9. The summed E-state index contributed by atoms with van der Waals surface area (Å²) in [7, 11) is -4.12. The highest BCUT2D eigenvalue weighted by atomic mass is 32.2. The van der Waals surface area contributed by atoms with E-state index in [1.807, 2.05) is 18.4 Å². The third kappa shape index (κ3) is 4.47. The van der Waals surface area contributed by atoms with Crippen molar-refractivity contribution in [2.75, 3.05) is 16.3 Å². The molecule has 1 aromatic heterocycles. The molecule has 1 heterocycles. The minimum absolute atomic E-state index is 0.140. The lowest BCUT2D eigenvalue weighted by molar-refractivity contribution is 0.102. The Kier molecular flexibility index (Phi) is 5.47. The third-order valence-electron chi connectivity index (χ3n) is 3.56. The van der Waals surface area contributed by atoms with Gasteiger partial charge in [-0.25, -0.2) is 4.39 Å². The van der Waals surface area contributed by atoms with Crippen molar-refractivity contribution in [3.05, 3.63) is 66.1 Å². The molecule has 3 N–H and O–H groups in total. The Morgan fingerprint density at radius 3 is 2.33 bits per heavy atom. The molecule has 3 rings (SSSR count). The number of carbonyl (C=O) groups is 1. The number of anilines is 2. The number of halogens is 1. The van der Waals surface area contributed by atoms with Gasteiger partial charge in [-0.15, -0.1) is 11.8 Å². The molecule has 1 amide bonds. The third-order valence-corrected chi connectivity index (χ3v) is 5.66. The summed E-state index contributed by atoms with van der Waals surface area (Å²) in [5.41, 5.74) is 0.539. The number of carbonyl (C=O) groups excluding carboxylic acids is 1. The van der Waals surface area contributed by atoms with Gasteiger partial charge in [0.1, 0.15) is 5.82 Å². The molecule has 0 saturated heterocycles. The molecule has 0 atom stereocenters. The topological polar surface area (TPSA) is 104 Å². The number of rotatable bonds is 6. The Morgan fingerprint density at radius 2 is 1.70 bits per heavy atom. The monoisotopic (exact) mass is 406 g/mol. The molecule has 3 aromatic rings. The van der Waals surface area contributed by atoms with Crippen molar-refractivity contribution in [1.82, 2.24) is 10.2 Å². The lowest BCUT2D eigenvalue weighted by atomic mass is 10.3. The van der Waals surface area contributed by atoms with Crippen LogP contribution < -0.4 is 10.0 Å². The van der Waals surface area contributed by atoms with E-state index in [0.29, 0.717) is 5.69 Å². The predicted octanol–water partition coefficient (Wildman–Crippen LogP) is 3.32. The molecule has 0 spiro atoms. The van der Waals surface area contributed by atoms with Crippen molar-refractivity contribution in [3.8, 4) is 0 Å². The summed E-state index contributed by atoms with van der Waals surface area (Å²) >= 11 is 1.56. The molecule has 7 nitrogen and oxygen atoms in total. The fourth-order valence-electron chi connectivity index (χ4n) is 2.24. The number of nitrogens with zero attached hydrogens (tertiary/aromatic N) is 1. The van der Waals surface area contributed by atoms with E-state index in [1.165, 1.54) is 12.1 Å². The van der Waals surface area contributed by atoms with Gasteiger partial charge in [0.2, 0.25) is 0 Å². The number of sulfonamides is 1. The zero-order valence-corrected chi connectivity index (χ0v) is 15.7. The summed E-state index contributed by atoms with van der Waals surface area (Å²) in [6.45, 7) is 0. The van der Waals surface area contributed by atoms with E-state index < -0.39 is 21.7 Å². The van der Waals surface area contributed by atoms with Gasteiger partial charge in [0.15, 0.2) is 5.03 Å². The average molecular weight is 406 g/mol. The van der Waals surface area contributed by atoms with E-state index >= 15 is 0 Å². The molecule has 0 aliphatic heterocycles. The van der Waals surface area contributed by atoms with Gasteiger partial charge in [-0.1, -0.05) is 0 Å². The minimum Gasteiger partial charge on any atom is -0.322 e. The van der Waals surface area contributed by atoms with Crippen molar-refractivity contribution < 1.29 is 17.6 Å². The average Bonchev–Trinajstić information content (AvgIpc) is 3.15. The van der Waals surface area contributed by atoms with Crippen LogP contribution in [0, 0.1) is 5.82 Å². The van der Waals surface area contributed by atoms with E-state index in [-0.39, 0.29) is 16.3 Å². The zero-order chi connectivity index (χ0) is 19.4. The Labute approximate surface area is 159 Å². The van der Waals surface area contributed by atoms with Crippen molar-refractivity contribution in [2.24, 2.45) is 0 Å². The fraction of sp³-hybridized carbons (Fsp3) is 0.0588. The van der Waals surface area contributed by atoms with Gasteiger partial charge in [-0.2, -0.15) is 13.5 Å². The van der Waals surface area contributed by atoms with E-state index in [1.54, 1.807) is 23.9 Å². The fourth-order valence-corrected chi connectivity index (χ4v) is 3.80. The van der Waals surface area contributed by atoms with Crippen LogP contribution in [0.2, 0.25) is 0 Å². The van der Waals surface area contributed by atoms with Crippen LogP contribution >= 0.6 is 11.8 Å². The first-order valence-electron chi connectivity index (χ1n) is 7.66. The first-order chi connectivity index (χ1) is 12.9. The van der Waals surface area contributed by atoms with Crippen LogP contribution in [0.25, 0.3) is 0 Å². The Morgan fingerprint density at radius 1 is 1.07 bits per heavy atom. The number of amides is 1. The number of aromatic amines is 1.